The number of carbonyl (C=O) groups excluding carboxylic acids is 1. The summed E-state index contributed by atoms with van der Waals surface area (Å²) in [6.45, 7) is 3.83. The molecule has 4 nitrogen and oxygen atoms in total. The Morgan fingerprint density at radius 3 is 2.78 bits per heavy atom. The van der Waals surface area contributed by atoms with Gasteiger partial charge in [0.05, 0.1) is 6.42 Å². The summed E-state index contributed by atoms with van der Waals surface area (Å²) >= 11 is 1.57. The van der Waals surface area contributed by atoms with Crippen molar-refractivity contribution in [2.75, 3.05) is 0 Å². The van der Waals surface area contributed by atoms with Gasteiger partial charge >= 0.3 is 5.97 Å². The van der Waals surface area contributed by atoms with E-state index in [1.165, 1.54) is 6.08 Å². The molecule has 0 fully saturated rings. The Hall–Kier alpha value is -1.62. The molecule has 1 aromatic heterocycles. The monoisotopic (exact) mass is 267 g/mol. The second-order valence-electron chi connectivity index (χ2n) is 4.01. The van der Waals surface area contributed by atoms with Crippen molar-refractivity contribution in [2.45, 2.75) is 32.7 Å². The average molecular weight is 267 g/mol. The molecule has 0 spiro atoms. The van der Waals surface area contributed by atoms with E-state index in [4.69, 9.17) is 5.11 Å². The first kappa shape index (κ1) is 14.4. The Labute approximate surface area is 110 Å². The van der Waals surface area contributed by atoms with E-state index in [9.17, 15) is 9.59 Å². The highest BCUT2D eigenvalue weighted by molar-refractivity contribution is 7.11. The molecule has 0 saturated carbocycles. The number of amides is 1. The van der Waals surface area contributed by atoms with Gasteiger partial charge in [0.25, 0.3) is 0 Å². The number of carboxylic acid groups (broad SMARTS) is 1. The molecule has 1 unspecified atom stereocenters. The first-order chi connectivity index (χ1) is 8.52. The summed E-state index contributed by atoms with van der Waals surface area (Å²) in [5.41, 5.74) is 1.13. The van der Waals surface area contributed by atoms with E-state index in [1.807, 2.05) is 25.3 Å². The van der Waals surface area contributed by atoms with Gasteiger partial charge in [-0.1, -0.05) is 6.92 Å². The van der Waals surface area contributed by atoms with Crippen LogP contribution in [0.15, 0.2) is 17.5 Å². The van der Waals surface area contributed by atoms with Crippen molar-refractivity contribution in [3.05, 3.63) is 28.0 Å². The Morgan fingerprint density at radius 2 is 2.28 bits per heavy atom. The van der Waals surface area contributed by atoms with Crippen molar-refractivity contribution in [1.29, 1.82) is 0 Å². The second kappa shape index (κ2) is 6.96. The van der Waals surface area contributed by atoms with Gasteiger partial charge in [0.15, 0.2) is 0 Å². The Balaban J connectivity index is 2.53. The summed E-state index contributed by atoms with van der Waals surface area (Å²) in [6, 6.07) is 1.67. The van der Waals surface area contributed by atoms with Crippen LogP contribution in [0.4, 0.5) is 0 Å². The number of carboxylic acids is 1. The van der Waals surface area contributed by atoms with E-state index in [0.717, 1.165) is 10.4 Å². The SMILES string of the molecule is CCC(CC(=O)O)NC(=O)/C=C/c1sccc1C. The number of aryl methyl sites for hydroxylation is 1. The van der Waals surface area contributed by atoms with Gasteiger partial charge in [-0.3, -0.25) is 9.59 Å². The summed E-state index contributed by atoms with van der Waals surface area (Å²) < 4.78 is 0. The number of hydrogen-bond acceptors (Lipinski definition) is 3. The van der Waals surface area contributed by atoms with Crippen molar-refractivity contribution < 1.29 is 14.7 Å². The van der Waals surface area contributed by atoms with Crippen LogP contribution in [0.3, 0.4) is 0 Å². The summed E-state index contributed by atoms with van der Waals surface area (Å²) in [7, 11) is 0. The molecule has 0 bridgehead atoms. The molecule has 1 aromatic rings. The van der Waals surface area contributed by atoms with Crippen LogP contribution in [0.5, 0.6) is 0 Å². The van der Waals surface area contributed by atoms with Crippen molar-refractivity contribution >= 4 is 29.3 Å². The van der Waals surface area contributed by atoms with Crippen molar-refractivity contribution in [3.63, 3.8) is 0 Å². The number of thiophene rings is 1. The zero-order valence-corrected chi connectivity index (χ0v) is 11.3. The van der Waals surface area contributed by atoms with E-state index < -0.39 is 5.97 Å². The largest absolute Gasteiger partial charge is 0.481 e. The fourth-order valence-electron chi connectivity index (χ4n) is 1.46. The highest BCUT2D eigenvalue weighted by atomic mass is 32.1. The quantitative estimate of drug-likeness (QED) is 0.778. The topological polar surface area (TPSA) is 66.4 Å². The minimum absolute atomic E-state index is 0.0475. The first-order valence-electron chi connectivity index (χ1n) is 5.77. The lowest BCUT2D eigenvalue weighted by molar-refractivity contribution is -0.137. The molecule has 1 rings (SSSR count). The number of aliphatic carboxylic acids is 1. The van der Waals surface area contributed by atoms with Crippen LogP contribution in [-0.2, 0) is 9.59 Å². The molecule has 0 aliphatic heterocycles. The molecule has 18 heavy (non-hydrogen) atoms. The zero-order valence-electron chi connectivity index (χ0n) is 10.5. The fraction of sp³-hybridized carbons (Fsp3) is 0.385. The van der Waals surface area contributed by atoms with Crippen LogP contribution in [0.2, 0.25) is 0 Å². The molecular formula is C13H17NO3S. The third kappa shape index (κ3) is 4.71. The molecule has 0 aromatic carbocycles. The van der Waals surface area contributed by atoms with Gasteiger partial charge in [0.1, 0.15) is 0 Å². The summed E-state index contributed by atoms with van der Waals surface area (Å²) in [6.07, 6.45) is 3.75. The highest BCUT2D eigenvalue weighted by Gasteiger charge is 2.12. The minimum atomic E-state index is -0.903. The first-order valence-corrected chi connectivity index (χ1v) is 6.65. The smallest absolute Gasteiger partial charge is 0.305 e. The van der Waals surface area contributed by atoms with Gasteiger partial charge in [0, 0.05) is 17.0 Å². The number of carbonyl (C=O) groups is 2. The third-order valence-electron chi connectivity index (χ3n) is 2.55. The van der Waals surface area contributed by atoms with Gasteiger partial charge in [-0.25, -0.2) is 0 Å². The van der Waals surface area contributed by atoms with Crippen LogP contribution >= 0.6 is 11.3 Å². The Morgan fingerprint density at radius 1 is 1.56 bits per heavy atom. The molecule has 0 radical (unpaired) electrons. The van der Waals surface area contributed by atoms with E-state index in [0.29, 0.717) is 6.42 Å². The molecule has 0 aliphatic carbocycles. The van der Waals surface area contributed by atoms with Crippen molar-refractivity contribution in [3.8, 4) is 0 Å². The van der Waals surface area contributed by atoms with Gasteiger partial charge in [0.2, 0.25) is 5.91 Å². The number of hydrogen-bond donors (Lipinski definition) is 2. The van der Waals surface area contributed by atoms with Crippen LogP contribution in [-0.4, -0.2) is 23.0 Å². The lowest BCUT2D eigenvalue weighted by Gasteiger charge is -2.12. The second-order valence-corrected chi connectivity index (χ2v) is 4.96. The molecule has 1 amide bonds. The summed E-state index contributed by atoms with van der Waals surface area (Å²) in [4.78, 5) is 23.2. The fourth-order valence-corrected chi connectivity index (χ4v) is 2.28. The molecule has 98 valence electrons. The average Bonchev–Trinajstić information content (AvgIpc) is 2.70. The molecular weight excluding hydrogens is 250 g/mol. The molecule has 1 heterocycles. The van der Waals surface area contributed by atoms with E-state index in [2.05, 4.69) is 5.32 Å². The number of nitrogens with one attached hydrogen (secondary N) is 1. The van der Waals surface area contributed by atoms with E-state index >= 15 is 0 Å². The van der Waals surface area contributed by atoms with Crippen LogP contribution in [0, 0.1) is 6.92 Å². The molecule has 1 atom stereocenters. The zero-order chi connectivity index (χ0) is 13.5. The van der Waals surface area contributed by atoms with Crippen molar-refractivity contribution in [2.24, 2.45) is 0 Å². The lowest BCUT2D eigenvalue weighted by atomic mass is 10.1. The van der Waals surface area contributed by atoms with Crippen LogP contribution in [0.1, 0.15) is 30.2 Å². The maximum Gasteiger partial charge on any atom is 0.305 e. The standard InChI is InChI=1S/C13H17NO3S/c1-3-10(8-13(16)17)14-12(15)5-4-11-9(2)6-7-18-11/h4-7,10H,3,8H2,1-2H3,(H,14,15)(H,16,17)/b5-4+. The Bertz CT molecular complexity index is 451. The van der Waals surface area contributed by atoms with Crippen molar-refractivity contribution in [1.82, 2.24) is 5.32 Å². The van der Waals surface area contributed by atoms with Crippen LogP contribution in [0.25, 0.3) is 6.08 Å². The normalized spacial score (nSPS) is 12.6. The molecule has 0 aliphatic rings. The van der Waals surface area contributed by atoms with Gasteiger partial charge < -0.3 is 10.4 Å². The predicted octanol–water partition coefficient (Wildman–Crippen LogP) is 2.44. The van der Waals surface area contributed by atoms with Gasteiger partial charge in [-0.05, 0) is 36.4 Å². The molecule has 2 N–H and O–H groups in total. The predicted molar refractivity (Wildman–Crippen MR) is 72.6 cm³/mol. The Kier molecular flexibility index (Phi) is 5.58. The number of rotatable bonds is 6. The molecule has 5 heteroatoms. The molecule has 0 saturated heterocycles. The third-order valence-corrected chi connectivity index (χ3v) is 3.53. The summed E-state index contributed by atoms with van der Waals surface area (Å²) in [5, 5.41) is 13.3. The van der Waals surface area contributed by atoms with Crippen LogP contribution < -0.4 is 5.32 Å². The van der Waals surface area contributed by atoms with Gasteiger partial charge in [-0.2, -0.15) is 0 Å². The maximum absolute atomic E-state index is 11.6. The highest BCUT2D eigenvalue weighted by Crippen LogP contribution is 2.16. The lowest BCUT2D eigenvalue weighted by Crippen LogP contribution is -2.34. The van der Waals surface area contributed by atoms with E-state index in [1.54, 1.807) is 17.4 Å². The maximum atomic E-state index is 11.6. The summed E-state index contributed by atoms with van der Waals surface area (Å²) in [5.74, 6) is -1.16. The minimum Gasteiger partial charge on any atom is -0.481 e. The van der Waals surface area contributed by atoms with E-state index in [-0.39, 0.29) is 18.4 Å². The van der Waals surface area contributed by atoms with Gasteiger partial charge in [-0.15, -0.1) is 11.3 Å².